The first-order valence-electron chi connectivity index (χ1n) is 9.40. The third-order valence-electron chi connectivity index (χ3n) is 5.28. The number of hydrogen-bond acceptors (Lipinski definition) is 4. The molecular weight excluding hydrogens is 314 g/mol. The Morgan fingerprint density at radius 1 is 1.28 bits per heavy atom. The van der Waals surface area contributed by atoms with E-state index in [1.54, 1.807) is 0 Å². The van der Waals surface area contributed by atoms with E-state index in [1.165, 1.54) is 19.3 Å². The number of nitrogens with one attached hydrogen (secondary N) is 1. The zero-order chi connectivity index (χ0) is 17.4. The van der Waals surface area contributed by atoms with Crippen LogP contribution in [0.3, 0.4) is 0 Å². The number of fused-ring (bicyclic) bond motifs is 1. The predicted molar refractivity (Wildman–Crippen MR) is 102 cm³/mol. The maximum atomic E-state index is 11.0. The molecule has 1 aliphatic heterocycles. The molecule has 4 rings (SSSR count). The van der Waals surface area contributed by atoms with Crippen molar-refractivity contribution in [2.24, 2.45) is 4.99 Å². The fraction of sp³-hybridized carbons (Fsp3) is 0.550. The molecule has 1 aromatic heterocycles. The molecule has 0 atom stereocenters. The number of benzene rings is 1. The van der Waals surface area contributed by atoms with Gasteiger partial charge in [0, 0.05) is 29.6 Å². The lowest BCUT2D eigenvalue weighted by Crippen LogP contribution is -2.26. The Bertz CT molecular complexity index is 803. The van der Waals surface area contributed by atoms with Gasteiger partial charge < -0.3 is 19.7 Å². The molecule has 0 amide bonds. The van der Waals surface area contributed by atoms with Crippen molar-refractivity contribution in [1.82, 2.24) is 4.57 Å². The highest BCUT2D eigenvalue weighted by Crippen LogP contribution is 2.37. The van der Waals surface area contributed by atoms with Crippen LogP contribution in [-0.4, -0.2) is 41.2 Å². The average molecular weight is 341 g/mol. The fourth-order valence-corrected chi connectivity index (χ4v) is 3.79. The number of hydrogen-bond donors (Lipinski definition) is 2. The molecular formula is C20H27N3O2. The molecule has 0 saturated heterocycles. The third kappa shape index (κ3) is 3.01. The van der Waals surface area contributed by atoms with Gasteiger partial charge in [-0.15, -0.1) is 0 Å². The van der Waals surface area contributed by atoms with Crippen LogP contribution in [0.1, 0.15) is 51.1 Å². The minimum absolute atomic E-state index is 0.185. The molecule has 2 aliphatic rings. The molecule has 5 heteroatoms. The molecule has 134 valence electrons. The molecule has 0 radical (unpaired) electrons. The average Bonchev–Trinajstić information content (AvgIpc) is 2.71. The highest BCUT2D eigenvalue weighted by molar-refractivity contribution is 6.14. The molecule has 1 saturated carbocycles. The van der Waals surface area contributed by atoms with Crippen molar-refractivity contribution in [2.45, 2.75) is 51.6 Å². The highest BCUT2D eigenvalue weighted by Gasteiger charge is 2.24. The van der Waals surface area contributed by atoms with Crippen LogP contribution in [0.25, 0.3) is 10.9 Å². The van der Waals surface area contributed by atoms with Crippen molar-refractivity contribution in [2.75, 3.05) is 25.1 Å². The van der Waals surface area contributed by atoms with E-state index in [0.717, 1.165) is 34.3 Å². The minimum atomic E-state index is 0.185. The Balaban J connectivity index is 1.84. The van der Waals surface area contributed by atoms with E-state index >= 15 is 0 Å². The lowest BCUT2D eigenvalue weighted by molar-refractivity contribution is 0.153. The second kappa shape index (κ2) is 6.71. The van der Waals surface area contributed by atoms with E-state index in [0.29, 0.717) is 31.7 Å². The van der Waals surface area contributed by atoms with Crippen LogP contribution in [0.15, 0.2) is 23.2 Å². The molecule has 1 fully saturated rings. The highest BCUT2D eigenvalue weighted by atomic mass is 16.5. The number of ether oxygens (including phenoxy) is 1. The van der Waals surface area contributed by atoms with E-state index in [9.17, 15) is 5.11 Å². The summed E-state index contributed by atoms with van der Waals surface area (Å²) in [7, 11) is 0. The maximum Gasteiger partial charge on any atom is 0.201 e. The summed E-state index contributed by atoms with van der Waals surface area (Å²) < 4.78 is 7.54. The van der Waals surface area contributed by atoms with Gasteiger partial charge in [0.2, 0.25) is 5.88 Å². The number of nitrogens with zero attached hydrogens (tertiary/aromatic N) is 2. The van der Waals surface area contributed by atoms with E-state index < -0.39 is 0 Å². The zero-order valence-electron chi connectivity index (χ0n) is 15.1. The topological polar surface area (TPSA) is 58.8 Å². The Hall–Kier alpha value is -2.01. The van der Waals surface area contributed by atoms with Gasteiger partial charge in [-0.1, -0.05) is 0 Å². The molecule has 2 aromatic rings. The van der Waals surface area contributed by atoms with Crippen molar-refractivity contribution in [1.29, 1.82) is 0 Å². The lowest BCUT2D eigenvalue weighted by Gasteiger charge is -2.27. The second-order valence-electron chi connectivity index (χ2n) is 7.36. The molecule has 5 nitrogen and oxygen atoms in total. The third-order valence-corrected chi connectivity index (χ3v) is 5.28. The van der Waals surface area contributed by atoms with Crippen molar-refractivity contribution in [3.8, 4) is 5.88 Å². The Labute approximate surface area is 148 Å². The summed E-state index contributed by atoms with van der Waals surface area (Å²) in [4.78, 5) is 4.69. The van der Waals surface area contributed by atoms with Gasteiger partial charge in [0.25, 0.3) is 0 Å². The monoisotopic (exact) mass is 341 g/mol. The SMILES string of the molecule is CC(C)n1c(O)c(C2=NCCOCC2)c2cc(NC3CCC3)ccc21. The van der Waals surface area contributed by atoms with Crippen LogP contribution in [0, 0.1) is 0 Å². The van der Waals surface area contributed by atoms with Crippen LogP contribution in [0.4, 0.5) is 5.69 Å². The quantitative estimate of drug-likeness (QED) is 0.880. The first kappa shape index (κ1) is 16.5. The van der Waals surface area contributed by atoms with Gasteiger partial charge in [-0.2, -0.15) is 0 Å². The number of aromatic nitrogens is 1. The molecule has 0 unspecified atom stereocenters. The summed E-state index contributed by atoms with van der Waals surface area (Å²) in [6, 6.07) is 7.19. The summed E-state index contributed by atoms with van der Waals surface area (Å²) in [6.07, 6.45) is 4.54. The molecule has 0 bridgehead atoms. The largest absolute Gasteiger partial charge is 0.494 e. The second-order valence-corrected chi connectivity index (χ2v) is 7.36. The van der Waals surface area contributed by atoms with E-state index in [2.05, 4.69) is 37.4 Å². The number of anilines is 1. The normalized spacial score (nSPS) is 18.9. The van der Waals surface area contributed by atoms with E-state index in [-0.39, 0.29) is 6.04 Å². The van der Waals surface area contributed by atoms with Crippen LogP contribution in [0.5, 0.6) is 5.88 Å². The molecule has 2 heterocycles. The van der Waals surface area contributed by atoms with Crippen molar-refractivity contribution >= 4 is 22.3 Å². The Kier molecular flexibility index (Phi) is 4.42. The van der Waals surface area contributed by atoms with E-state index in [4.69, 9.17) is 9.73 Å². The minimum Gasteiger partial charge on any atom is -0.494 e. The summed E-state index contributed by atoms with van der Waals surface area (Å²) in [6.45, 7) is 6.17. The van der Waals surface area contributed by atoms with Crippen LogP contribution >= 0.6 is 0 Å². The van der Waals surface area contributed by atoms with Gasteiger partial charge in [-0.3, -0.25) is 4.99 Å². The summed E-state index contributed by atoms with van der Waals surface area (Å²) in [5, 5.41) is 15.7. The number of rotatable bonds is 4. The Morgan fingerprint density at radius 2 is 2.12 bits per heavy atom. The Morgan fingerprint density at radius 3 is 2.84 bits per heavy atom. The van der Waals surface area contributed by atoms with Crippen molar-refractivity contribution in [3.63, 3.8) is 0 Å². The predicted octanol–water partition coefficient (Wildman–Crippen LogP) is 4.10. The van der Waals surface area contributed by atoms with Gasteiger partial charge in [0.05, 0.1) is 36.6 Å². The fourth-order valence-electron chi connectivity index (χ4n) is 3.79. The summed E-state index contributed by atoms with van der Waals surface area (Å²) >= 11 is 0. The van der Waals surface area contributed by atoms with Crippen molar-refractivity contribution in [3.05, 3.63) is 23.8 Å². The molecule has 2 N–H and O–H groups in total. The molecule has 0 spiro atoms. The standard InChI is InChI=1S/C20H27N3O2/c1-13(2)23-18-7-6-15(22-14-4-3-5-14)12-16(18)19(20(23)24)17-8-10-25-11-9-21-17/h6-7,12-14,22,24H,3-5,8-11H2,1-2H3. The first-order valence-corrected chi connectivity index (χ1v) is 9.40. The lowest BCUT2D eigenvalue weighted by atomic mass is 9.93. The van der Waals surface area contributed by atoms with Gasteiger partial charge in [0.1, 0.15) is 0 Å². The van der Waals surface area contributed by atoms with Gasteiger partial charge in [0.15, 0.2) is 0 Å². The van der Waals surface area contributed by atoms with Crippen LogP contribution < -0.4 is 5.32 Å². The molecule has 1 aliphatic carbocycles. The van der Waals surface area contributed by atoms with E-state index in [1.807, 2.05) is 4.57 Å². The number of aliphatic imine (C=N–C) groups is 1. The zero-order valence-corrected chi connectivity index (χ0v) is 15.1. The summed E-state index contributed by atoms with van der Waals surface area (Å²) in [5.41, 5.74) is 4.03. The smallest absolute Gasteiger partial charge is 0.201 e. The van der Waals surface area contributed by atoms with Gasteiger partial charge in [-0.05, 0) is 51.3 Å². The van der Waals surface area contributed by atoms with Crippen molar-refractivity contribution < 1.29 is 9.84 Å². The summed E-state index contributed by atoms with van der Waals surface area (Å²) in [5.74, 6) is 0.325. The number of aromatic hydroxyl groups is 1. The maximum absolute atomic E-state index is 11.0. The van der Waals surface area contributed by atoms with Gasteiger partial charge >= 0.3 is 0 Å². The molecule has 25 heavy (non-hydrogen) atoms. The van der Waals surface area contributed by atoms with Crippen LogP contribution in [-0.2, 0) is 4.74 Å². The first-order chi connectivity index (χ1) is 12.1. The van der Waals surface area contributed by atoms with Gasteiger partial charge in [-0.25, -0.2) is 0 Å². The van der Waals surface area contributed by atoms with Crippen LogP contribution in [0.2, 0.25) is 0 Å². The molecule has 1 aromatic carbocycles.